The average Bonchev–Trinajstić information content (AvgIpc) is 2.88. The van der Waals surface area contributed by atoms with Crippen molar-refractivity contribution in [3.63, 3.8) is 0 Å². The zero-order chi connectivity index (χ0) is 12.7. The van der Waals surface area contributed by atoms with E-state index in [9.17, 15) is 9.59 Å². The number of rotatable bonds is 2. The number of carbonyl (C=O) groups excluding carboxylic acids is 2. The van der Waals surface area contributed by atoms with Gasteiger partial charge in [-0.25, -0.2) is 4.98 Å². The van der Waals surface area contributed by atoms with Gasteiger partial charge in [-0.05, 0) is 12.1 Å². The van der Waals surface area contributed by atoms with Gasteiger partial charge in [0.05, 0.1) is 29.8 Å². The molecule has 90 valence electrons. The zero-order valence-electron chi connectivity index (χ0n) is 9.83. The Kier molecular flexibility index (Phi) is 2.26. The SMILES string of the molecule is Cn1cncc1CN1C(=O)C(=O)c2ccccc21. The fourth-order valence-corrected chi connectivity index (χ4v) is 2.10. The van der Waals surface area contributed by atoms with Crippen LogP contribution in [0.1, 0.15) is 16.1 Å². The van der Waals surface area contributed by atoms with Crippen LogP contribution in [0.3, 0.4) is 0 Å². The van der Waals surface area contributed by atoms with Crippen LogP contribution < -0.4 is 4.90 Å². The van der Waals surface area contributed by atoms with Gasteiger partial charge in [0.2, 0.25) is 0 Å². The van der Waals surface area contributed by atoms with Gasteiger partial charge in [0.15, 0.2) is 0 Å². The summed E-state index contributed by atoms with van der Waals surface area (Å²) in [6, 6.07) is 7.05. The maximum atomic E-state index is 11.9. The second-order valence-corrected chi connectivity index (χ2v) is 4.23. The van der Waals surface area contributed by atoms with Crippen molar-refractivity contribution in [3.8, 4) is 0 Å². The molecule has 2 aromatic rings. The number of nitrogens with zero attached hydrogens (tertiary/aromatic N) is 3. The molecule has 0 bridgehead atoms. The van der Waals surface area contributed by atoms with E-state index < -0.39 is 11.7 Å². The molecule has 0 fully saturated rings. The summed E-state index contributed by atoms with van der Waals surface area (Å²) < 4.78 is 1.83. The van der Waals surface area contributed by atoms with Crippen LogP contribution in [0.4, 0.5) is 5.69 Å². The van der Waals surface area contributed by atoms with Gasteiger partial charge in [-0.15, -0.1) is 0 Å². The summed E-state index contributed by atoms with van der Waals surface area (Å²) in [6.07, 6.45) is 3.36. The Bertz CT molecular complexity index is 645. The number of ketones is 1. The number of hydrogen-bond donors (Lipinski definition) is 0. The first-order valence-electron chi connectivity index (χ1n) is 5.59. The predicted molar refractivity (Wildman–Crippen MR) is 65.2 cm³/mol. The van der Waals surface area contributed by atoms with Crippen LogP contribution in [0, 0.1) is 0 Å². The standard InChI is InChI=1S/C13H11N3O2/c1-15-8-14-6-9(15)7-16-11-5-3-2-4-10(11)12(17)13(16)18/h2-6,8H,7H2,1H3. The molecule has 0 atom stereocenters. The molecule has 1 aromatic carbocycles. The largest absolute Gasteiger partial charge is 0.336 e. The van der Waals surface area contributed by atoms with E-state index in [1.165, 1.54) is 4.90 Å². The van der Waals surface area contributed by atoms with Crippen molar-refractivity contribution in [2.75, 3.05) is 4.90 Å². The first kappa shape index (κ1) is 10.7. The summed E-state index contributed by atoms with van der Waals surface area (Å²) in [5.74, 6) is -0.912. The first-order valence-corrected chi connectivity index (χ1v) is 5.59. The minimum Gasteiger partial charge on any atom is -0.336 e. The quantitative estimate of drug-likeness (QED) is 0.741. The van der Waals surface area contributed by atoms with E-state index in [0.717, 1.165) is 5.69 Å². The molecule has 0 saturated heterocycles. The number of amides is 1. The Hall–Kier alpha value is -2.43. The van der Waals surface area contributed by atoms with Crippen molar-refractivity contribution in [3.05, 3.63) is 48.0 Å². The predicted octanol–water partition coefficient (Wildman–Crippen LogP) is 1.15. The Morgan fingerprint density at radius 3 is 2.72 bits per heavy atom. The topological polar surface area (TPSA) is 55.2 Å². The molecule has 0 N–H and O–H groups in total. The van der Waals surface area contributed by atoms with Crippen molar-refractivity contribution in [1.82, 2.24) is 9.55 Å². The third kappa shape index (κ3) is 1.44. The lowest BCUT2D eigenvalue weighted by atomic mass is 10.1. The number of fused-ring (bicyclic) bond motifs is 1. The highest BCUT2D eigenvalue weighted by Crippen LogP contribution is 2.29. The third-order valence-electron chi connectivity index (χ3n) is 3.12. The van der Waals surface area contributed by atoms with Crippen LogP contribution in [0.2, 0.25) is 0 Å². The molecular formula is C13H11N3O2. The van der Waals surface area contributed by atoms with Crippen molar-refractivity contribution < 1.29 is 9.59 Å². The molecule has 0 spiro atoms. The van der Waals surface area contributed by atoms with Gasteiger partial charge in [-0.3, -0.25) is 14.5 Å². The summed E-state index contributed by atoms with van der Waals surface area (Å²) in [7, 11) is 1.86. The van der Waals surface area contributed by atoms with Crippen LogP contribution in [0.15, 0.2) is 36.8 Å². The Labute approximate surface area is 104 Å². The van der Waals surface area contributed by atoms with Crippen molar-refractivity contribution in [1.29, 1.82) is 0 Å². The van der Waals surface area contributed by atoms with E-state index in [-0.39, 0.29) is 0 Å². The summed E-state index contributed by atoms with van der Waals surface area (Å²) in [6.45, 7) is 0.359. The van der Waals surface area contributed by atoms with Gasteiger partial charge in [-0.2, -0.15) is 0 Å². The Morgan fingerprint density at radius 2 is 2.00 bits per heavy atom. The normalized spacial score (nSPS) is 14.2. The fraction of sp³-hybridized carbons (Fsp3) is 0.154. The molecule has 5 nitrogen and oxygen atoms in total. The molecule has 1 aliphatic rings. The molecule has 3 rings (SSSR count). The molecule has 2 heterocycles. The van der Waals surface area contributed by atoms with Gasteiger partial charge in [0.25, 0.3) is 11.7 Å². The summed E-state index contributed by atoms with van der Waals surface area (Å²) in [5.41, 5.74) is 2.03. The van der Waals surface area contributed by atoms with E-state index in [1.54, 1.807) is 30.7 Å². The second kappa shape index (κ2) is 3.80. The Morgan fingerprint density at radius 1 is 1.22 bits per heavy atom. The molecule has 18 heavy (non-hydrogen) atoms. The summed E-state index contributed by atoms with van der Waals surface area (Å²) in [4.78, 5) is 29.3. The molecule has 5 heteroatoms. The zero-order valence-corrected chi connectivity index (χ0v) is 9.83. The van der Waals surface area contributed by atoms with Crippen LogP contribution >= 0.6 is 0 Å². The maximum Gasteiger partial charge on any atom is 0.299 e. The Balaban J connectivity index is 2.01. The number of imidazole rings is 1. The first-order chi connectivity index (χ1) is 8.68. The van der Waals surface area contributed by atoms with Gasteiger partial charge in [0, 0.05) is 13.2 Å². The number of benzene rings is 1. The molecule has 1 amide bonds. The molecule has 1 aliphatic heterocycles. The molecule has 0 radical (unpaired) electrons. The van der Waals surface area contributed by atoms with Gasteiger partial charge < -0.3 is 4.57 Å². The van der Waals surface area contributed by atoms with Gasteiger partial charge in [-0.1, -0.05) is 12.1 Å². The van der Waals surface area contributed by atoms with Crippen LogP contribution in [0.25, 0.3) is 0 Å². The van der Waals surface area contributed by atoms with E-state index >= 15 is 0 Å². The third-order valence-corrected chi connectivity index (χ3v) is 3.12. The lowest BCUT2D eigenvalue weighted by Gasteiger charge is -2.16. The highest BCUT2D eigenvalue weighted by molar-refractivity contribution is 6.52. The van der Waals surface area contributed by atoms with Crippen LogP contribution in [-0.4, -0.2) is 21.2 Å². The number of anilines is 1. The molecule has 0 saturated carbocycles. The van der Waals surface area contributed by atoms with Crippen molar-refractivity contribution >= 4 is 17.4 Å². The van der Waals surface area contributed by atoms with Crippen LogP contribution in [-0.2, 0) is 18.4 Å². The highest BCUT2D eigenvalue weighted by Gasteiger charge is 2.35. The summed E-state index contributed by atoms with van der Waals surface area (Å²) in [5, 5.41) is 0. The average molecular weight is 241 g/mol. The minimum atomic E-state index is -0.475. The van der Waals surface area contributed by atoms with Crippen molar-refractivity contribution in [2.24, 2.45) is 7.05 Å². The van der Waals surface area contributed by atoms with E-state index in [4.69, 9.17) is 0 Å². The molecular weight excluding hydrogens is 230 g/mol. The smallest absolute Gasteiger partial charge is 0.299 e. The number of para-hydroxylation sites is 1. The maximum absolute atomic E-state index is 11.9. The number of Topliss-reactive ketones (excluding diaryl/α,β-unsaturated/α-hetero) is 1. The lowest BCUT2D eigenvalue weighted by molar-refractivity contribution is -0.114. The number of aryl methyl sites for hydroxylation is 1. The van der Waals surface area contributed by atoms with Crippen molar-refractivity contribution in [2.45, 2.75) is 6.54 Å². The highest BCUT2D eigenvalue weighted by atomic mass is 16.2. The monoisotopic (exact) mass is 241 g/mol. The molecule has 0 aliphatic carbocycles. The van der Waals surface area contributed by atoms with E-state index in [0.29, 0.717) is 17.8 Å². The van der Waals surface area contributed by atoms with Crippen LogP contribution in [0.5, 0.6) is 0 Å². The van der Waals surface area contributed by atoms with E-state index in [1.807, 2.05) is 17.7 Å². The number of hydrogen-bond acceptors (Lipinski definition) is 3. The molecule has 0 unspecified atom stereocenters. The summed E-state index contributed by atoms with van der Waals surface area (Å²) >= 11 is 0. The second-order valence-electron chi connectivity index (χ2n) is 4.23. The van der Waals surface area contributed by atoms with Gasteiger partial charge in [0.1, 0.15) is 0 Å². The van der Waals surface area contributed by atoms with Gasteiger partial charge >= 0.3 is 0 Å². The molecule has 1 aromatic heterocycles. The lowest BCUT2D eigenvalue weighted by Crippen LogP contribution is -2.29. The minimum absolute atomic E-state index is 0.359. The fourth-order valence-electron chi connectivity index (χ4n) is 2.10. The number of carbonyl (C=O) groups is 2. The van der Waals surface area contributed by atoms with E-state index in [2.05, 4.69) is 4.98 Å². The number of aromatic nitrogens is 2.